The lowest BCUT2D eigenvalue weighted by molar-refractivity contribution is -0.120. The molecule has 2 aromatic rings. The minimum Gasteiger partial charge on any atom is -0.484 e. The van der Waals surface area contributed by atoms with Crippen molar-refractivity contribution >= 4 is 21.4 Å². The van der Waals surface area contributed by atoms with Crippen molar-refractivity contribution < 1.29 is 17.9 Å². The molecule has 0 saturated heterocycles. The minimum absolute atomic E-state index is 0.115. The Bertz CT molecular complexity index is 918. The number of benzene rings is 2. The van der Waals surface area contributed by atoms with Crippen LogP contribution in [0.15, 0.2) is 66.1 Å². The Balaban J connectivity index is 1.83. The maximum absolute atomic E-state index is 12.9. The normalized spacial score (nSPS) is 17.8. The van der Waals surface area contributed by atoms with Gasteiger partial charge in [0.1, 0.15) is 5.75 Å². The highest BCUT2D eigenvalue weighted by molar-refractivity contribution is 7.94. The number of sulfone groups is 1. The van der Waals surface area contributed by atoms with Crippen LogP contribution in [0.5, 0.6) is 5.75 Å². The van der Waals surface area contributed by atoms with Crippen molar-refractivity contribution in [2.75, 3.05) is 17.3 Å². The molecule has 1 heterocycles. The lowest BCUT2D eigenvalue weighted by atomic mass is 10.0. The molecular formula is C21H23NO4S. The van der Waals surface area contributed by atoms with Crippen molar-refractivity contribution in [2.45, 2.75) is 25.8 Å². The smallest absolute Gasteiger partial charge is 0.265 e. The Labute approximate surface area is 160 Å². The number of nitrogens with zero attached hydrogens (tertiary/aromatic N) is 1. The predicted octanol–water partition coefficient (Wildman–Crippen LogP) is 3.53. The summed E-state index contributed by atoms with van der Waals surface area (Å²) in [5.74, 6) is 0.561. The molecule has 0 fully saturated rings. The number of amides is 1. The van der Waals surface area contributed by atoms with Gasteiger partial charge in [0.2, 0.25) is 0 Å². The number of carbonyl (C=O) groups is 1. The maximum atomic E-state index is 12.9. The fourth-order valence-corrected chi connectivity index (χ4v) is 4.26. The molecule has 0 spiro atoms. The molecule has 1 aliphatic rings. The molecule has 0 radical (unpaired) electrons. The third kappa shape index (κ3) is 4.77. The van der Waals surface area contributed by atoms with E-state index in [4.69, 9.17) is 4.74 Å². The molecule has 5 nitrogen and oxygen atoms in total. The van der Waals surface area contributed by atoms with Gasteiger partial charge in [-0.2, -0.15) is 0 Å². The summed E-state index contributed by atoms with van der Waals surface area (Å²) in [5.41, 5.74) is 1.81. The van der Waals surface area contributed by atoms with Gasteiger partial charge < -0.3 is 9.64 Å². The zero-order valence-corrected chi connectivity index (χ0v) is 16.2. The largest absolute Gasteiger partial charge is 0.484 e. The second-order valence-electron chi connectivity index (χ2n) is 6.84. The molecule has 2 aromatic carbocycles. The van der Waals surface area contributed by atoms with Gasteiger partial charge in [0.05, 0.1) is 11.8 Å². The van der Waals surface area contributed by atoms with Gasteiger partial charge in [-0.15, -0.1) is 0 Å². The summed E-state index contributed by atoms with van der Waals surface area (Å²) in [6.45, 7) is 4.02. The SMILES string of the molecule is CC(C)c1ccc(N(C(=O)COc2ccccc2)[C@@H]2C=CS(=O)(=O)C2)cc1. The van der Waals surface area contributed by atoms with Crippen molar-refractivity contribution in [1.82, 2.24) is 0 Å². The van der Waals surface area contributed by atoms with Crippen LogP contribution >= 0.6 is 0 Å². The van der Waals surface area contributed by atoms with Crippen LogP contribution in [0.3, 0.4) is 0 Å². The lowest BCUT2D eigenvalue weighted by Gasteiger charge is -2.28. The Kier molecular flexibility index (Phi) is 5.65. The van der Waals surface area contributed by atoms with E-state index in [0.29, 0.717) is 17.4 Å². The van der Waals surface area contributed by atoms with E-state index in [1.165, 1.54) is 10.3 Å². The van der Waals surface area contributed by atoms with Gasteiger partial charge in [0, 0.05) is 11.1 Å². The van der Waals surface area contributed by atoms with Crippen LogP contribution in [-0.4, -0.2) is 32.7 Å². The monoisotopic (exact) mass is 385 g/mol. The van der Waals surface area contributed by atoms with Crippen LogP contribution in [0, 0.1) is 0 Å². The van der Waals surface area contributed by atoms with Gasteiger partial charge in [0.15, 0.2) is 16.4 Å². The van der Waals surface area contributed by atoms with Crippen LogP contribution in [0.25, 0.3) is 0 Å². The zero-order chi connectivity index (χ0) is 19.4. The Morgan fingerprint density at radius 2 is 1.78 bits per heavy atom. The van der Waals surface area contributed by atoms with Crippen LogP contribution in [-0.2, 0) is 14.6 Å². The van der Waals surface area contributed by atoms with Crippen molar-refractivity contribution in [1.29, 1.82) is 0 Å². The number of para-hydroxylation sites is 1. The standard InChI is InChI=1S/C21H23NO4S/c1-16(2)17-8-10-18(11-9-17)22(19-12-13-27(24,25)15-19)21(23)14-26-20-6-4-3-5-7-20/h3-13,16,19H,14-15H2,1-2H3/t19-/m1/s1. The van der Waals surface area contributed by atoms with Crippen LogP contribution < -0.4 is 9.64 Å². The fourth-order valence-electron chi connectivity index (χ4n) is 2.99. The molecule has 0 bridgehead atoms. The first-order valence-electron chi connectivity index (χ1n) is 8.86. The molecule has 0 N–H and O–H groups in total. The highest BCUT2D eigenvalue weighted by atomic mass is 32.2. The van der Waals surface area contributed by atoms with E-state index in [2.05, 4.69) is 13.8 Å². The molecule has 0 saturated carbocycles. The first-order chi connectivity index (χ1) is 12.9. The van der Waals surface area contributed by atoms with Crippen molar-refractivity contribution in [3.63, 3.8) is 0 Å². The average Bonchev–Trinajstić information content (AvgIpc) is 3.01. The second-order valence-corrected chi connectivity index (χ2v) is 8.77. The first-order valence-corrected chi connectivity index (χ1v) is 10.6. The van der Waals surface area contributed by atoms with Crippen molar-refractivity contribution in [3.8, 4) is 5.75 Å². The topological polar surface area (TPSA) is 63.7 Å². The van der Waals surface area contributed by atoms with E-state index in [1.54, 1.807) is 18.2 Å². The third-order valence-corrected chi connectivity index (χ3v) is 5.83. The summed E-state index contributed by atoms with van der Waals surface area (Å²) in [6.07, 6.45) is 1.56. The second kappa shape index (κ2) is 7.96. The van der Waals surface area contributed by atoms with E-state index in [0.717, 1.165) is 5.56 Å². The summed E-state index contributed by atoms with van der Waals surface area (Å²) >= 11 is 0. The highest BCUT2D eigenvalue weighted by Crippen LogP contribution is 2.25. The molecule has 0 aliphatic carbocycles. The van der Waals surface area contributed by atoms with Gasteiger partial charge in [0.25, 0.3) is 5.91 Å². The third-order valence-electron chi connectivity index (χ3n) is 4.45. The lowest BCUT2D eigenvalue weighted by Crippen LogP contribution is -2.43. The number of carbonyl (C=O) groups excluding carboxylic acids is 1. The predicted molar refractivity (Wildman–Crippen MR) is 107 cm³/mol. The van der Waals surface area contributed by atoms with Crippen molar-refractivity contribution in [2.24, 2.45) is 0 Å². The Hall–Kier alpha value is -2.60. The van der Waals surface area contributed by atoms with E-state index < -0.39 is 15.9 Å². The van der Waals surface area contributed by atoms with E-state index in [9.17, 15) is 13.2 Å². The molecule has 0 unspecified atom stereocenters. The number of hydrogen-bond donors (Lipinski definition) is 0. The van der Waals surface area contributed by atoms with Gasteiger partial charge >= 0.3 is 0 Å². The average molecular weight is 385 g/mol. The number of ether oxygens (including phenoxy) is 1. The summed E-state index contributed by atoms with van der Waals surface area (Å²) in [4.78, 5) is 14.4. The van der Waals surface area contributed by atoms with Gasteiger partial charge in [-0.05, 0) is 41.8 Å². The summed E-state index contributed by atoms with van der Waals surface area (Å²) in [7, 11) is -3.29. The minimum atomic E-state index is -3.29. The summed E-state index contributed by atoms with van der Waals surface area (Å²) in [6, 6.07) is 16.2. The first kappa shape index (κ1) is 19.2. The molecular weight excluding hydrogens is 362 g/mol. The van der Waals surface area contributed by atoms with Crippen LogP contribution in [0.1, 0.15) is 25.3 Å². The highest BCUT2D eigenvalue weighted by Gasteiger charge is 2.31. The number of hydrogen-bond acceptors (Lipinski definition) is 4. The van der Waals surface area contributed by atoms with E-state index in [-0.39, 0.29) is 18.3 Å². The molecule has 6 heteroatoms. The number of rotatable bonds is 6. The fraction of sp³-hybridized carbons (Fsp3) is 0.286. The van der Waals surface area contributed by atoms with E-state index in [1.807, 2.05) is 42.5 Å². The van der Waals surface area contributed by atoms with Crippen molar-refractivity contribution in [3.05, 3.63) is 71.6 Å². The van der Waals surface area contributed by atoms with E-state index >= 15 is 0 Å². The zero-order valence-electron chi connectivity index (χ0n) is 15.4. The van der Waals surface area contributed by atoms with Gasteiger partial charge in [-0.1, -0.05) is 44.2 Å². The quantitative estimate of drug-likeness (QED) is 0.763. The van der Waals surface area contributed by atoms with Gasteiger partial charge in [-0.25, -0.2) is 8.42 Å². The Morgan fingerprint density at radius 3 is 2.33 bits per heavy atom. The molecule has 1 amide bonds. The number of anilines is 1. The molecule has 1 atom stereocenters. The molecule has 1 aliphatic heterocycles. The molecule has 27 heavy (non-hydrogen) atoms. The Morgan fingerprint density at radius 1 is 1.11 bits per heavy atom. The molecule has 0 aromatic heterocycles. The summed E-state index contributed by atoms with van der Waals surface area (Å²) in [5, 5.41) is 1.18. The maximum Gasteiger partial charge on any atom is 0.265 e. The molecule has 3 rings (SSSR count). The summed E-state index contributed by atoms with van der Waals surface area (Å²) < 4.78 is 29.3. The molecule has 142 valence electrons. The van der Waals surface area contributed by atoms with Crippen LogP contribution in [0.2, 0.25) is 0 Å². The van der Waals surface area contributed by atoms with Gasteiger partial charge in [-0.3, -0.25) is 4.79 Å². The van der Waals surface area contributed by atoms with Crippen LogP contribution in [0.4, 0.5) is 5.69 Å².